The zero-order valence-corrected chi connectivity index (χ0v) is 11.4. The Hall–Kier alpha value is -1.80. The molecule has 20 heavy (non-hydrogen) atoms. The SMILES string of the molecule is O=C1CCC(NS(=O)(=O)c2ccc([N+](=O)[O-])cc2)CC1. The van der Waals surface area contributed by atoms with Gasteiger partial charge in [0.05, 0.1) is 9.82 Å². The Morgan fingerprint density at radius 1 is 1.15 bits per heavy atom. The van der Waals surface area contributed by atoms with Crippen molar-refractivity contribution in [3.05, 3.63) is 34.4 Å². The molecule has 0 atom stereocenters. The van der Waals surface area contributed by atoms with Gasteiger partial charge in [-0.15, -0.1) is 0 Å². The molecule has 7 nitrogen and oxygen atoms in total. The summed E-state index contributed by atoms with van der Waals surface area (Å²) >= 11 is 0. The third-order valence-electron chi connectivity index (χ3n) is 3.22. The number of nitro benzene ring substituents is 1. The second-order valence-corrected chi connectivity index (χ2v) is 6.40. The van der Waals surface area contributed by atoms with Crippen LogP contribution in [-0.4, -0.2) is 25.2 Å². The number of benzene rings is 1. The third-order valence-corrected chi connectivity index (χ3v) is 4.76. The first-order valence-electron chi connectivity index (χ1n) is 6.17. The Balaban J connectivity index is 2.10. The first-order valence-corrected chi connectivity index (χ1v) is 7.65. The smallest absolute Gasteiger partial charge is 0.269 e. The molecule has 1 aromatic rings. The van der Waals surface area contributed by atoms with E-state index in [4.69, 9.17) is 0 Å². The van der Waals surface area contributed by atoms with Crippen molar-refractivity contribution in [2.75, 3.05) is 0 Å². The molecule has 0 bridgehead atoms. The van der Waals surface area contributed by atoms with Gasteiger partial charge >= 0.3 is 0 Å². The first-order chi connectivity index (χ1) is 9.38. The van der Waals surface area contributed by atoms with Gasteiger partial charge in [-0.3, -0.25) is 14.9 Å². The molecule has 1 aliphatic carbocycles. The van der Waals surface area contributed by atoms with Crippen LogP contribution in [0.15, 0.2) is 29.2 Å². The van der Waals surface area contributed by atoms with Crippen molar-refractivity contribution in [1.82, 2.24) is 4.72 Å². The van der Waals surface area contributed by atoms with Crippen LogP contribution in [0.4, 0.5) is 5.69 Å². The van der Waals surface area contributed by atoms with Gasteiger partial charge in [-0.1, -0.05) is 0 Å². The minimum atomic E-state index is -3.70. The average Bonchev–Trinajstić information content (AvgIpc) is 2.41. The quantitative estimate of drug-likeness (QED) is 0.667. The maximum Gasteiger partial charge on any atom is 0.269 e. The molecule has 8 heteroatoms. The van der Waals surface area contributed by atoms with Crippen LogP contribution in [0.3, 0.4) is 0 Å². The molecule has 1 saturated carbocycles. The highest BCUT2D eigenvalue weighted by atomic mass is 32.2. The summed E-state index contributed by atoms with van der Waals surface area (Å²) < 4.78 is 26.7. The van der Waals surface area contributed by atoms with Crippen molar-refractivity contribution in [3.63, 3.8) is 0 Å². The monoisotopic (exact) mass is 298 g/mol. The maximum atomic E-state index is 12.1. The summed E-state index contributed by atoms with van der Waals surface area (Å²) in [6.45, 7) is 0. The zero-order valence-electron chi connectivity index (χ0n) is 10.6. The Labute approximate surface area is 116 Å². The van der Waals surface area contributed by atoms with E-state index in [-0.39, 0.29) is 22.4 Å². The number of carbonyl (C=O) groups is 1. The largest absolute Gasteiger partial charge is 0.300 e. The number of carbonyl (C=O) groups excluding carboxylic acids is 1. The summed E-state index contributed by atoms with van der Waals surface area (Å²) in [5.74, 6) is 0.149. The van der Waals surface area contributed by atoms with Crippen molar-refractivity contribution >= 4 is 21.5 Å². The molecule has 0 aromatic heterocycles. The van der Waals surface area contributed by atoms with Crippen LogP contribution in [0.1, 0.15) is 25.7 Å². The minimum Gasteiger partial charge on any atom is -0.300 e. The molecule has 1 N–H and O–H groups in total. The molecule has 0 heterocycles. The van der Waals surface area contributed by atoms with E-state index in [1.54, 1.807) is 0 Å². The van der Waals surface area contributed by atoms with E-state index >= 15 is 0 Å². The summed E-state index contributed by atoms with van der Waals surface area (Å²) in [4.78, 5) is 21.0. The number of nitro groups is 1. The van der Waals surface area contributed by atoms with Crippen molar-refractivity contribution in [2.24, 2.45) is 0 Å². The predicted octanol–water partition coefficient (Wildman–Crippen LogP) is 1.38. The molecule has 1 aromatic carbocycles. The molecule has 0 spiro atoms. The van der Waals surface area contributed by atoms with Crippen LogP contribution in [0.5, 0.6) is 0 Å². The summed E-state index contributed by atoms with van der Waals surface area (Å²) in [5.41, 5.74) is -0.160. The molecule has 1 aliphatic rings. The van der Waals surface area contributed by atoms with Crippen molar-refractivity contribution in [2.45, 2.75) is 36.6 Å². The van der Waals surface area contributed by atoms with Crippen LogP contribution < -0.4 is 4.72 Å². The molecular formula is C12H14N2O5S. The van der Waals surface area contributed by atoms with Crippen molar-refractivity contribution in [1.29, 1.82) is 0 Å². The molecule has 0 radical (unpaired) electrons. The molecule has 1 fully saturated rings. The van der Waals surface area contributed by atoms with Crippen LogP contribution in [0, 0.1) is 10.1 Å². The highest BCUT2D eigenvalue weighted by Crippen LogP contribution is 2.19. The molecule has 0 amide bonds. The van der Waals surface area contributed by atoms with E-state index in [0.29, 0.717) is 25.7 Å². The van der Waals surface area contributed by atoms with E-state index < -0.39 is 14.9 Å². The molecule has 2 rings (SSSR count). The van der Waals surface area contributed by atoms with Crippen LogP contribution >= 0.6 is 0 Å². The lowest BCUT2D eigenvalue weighted by Gasteiger charge is -2.21. The van der Waals surface area contributed by atoms with Gasteiger partial charge in [-0.2, -0.15) is 0 Å². The number of sulfonamides is 1. The summed E-state index contributed by atoms with van der Waals surface area (Å²) in [6.07, 6.45) is 1.75. The van der Waals surface area contributed by atoms with E-state index in [1.807, 2.05) is 0 Å². The lowest BCUT2D eigenvalue weighted by atomic mass is 9.95. The van der Waals surface area contributed by atoms with Gasteiger partial charge in [0.1, 0.15) is 5.78 Å². The van der Waals surface area contributed by atoms with Gasteiger partial charge in [0, 0.05) is 31.0 Å². The fraction of sp³-hybridized carbons (Fsp3) is 0.417. The molecule has 0 saturated heterocycles. The molecule has 0 aliphatic heterocycles. The first kappa shape index (κ1) is 14.6. The summed E-state index contributed by atoms with van der Waals surface area (Å²) in [6, 6.07) is 4.45. The Bertz CT molecular complexity index is 614. The highest BCUT2D eigenvalue weighted by molar-refractivity contribution is 7.89. The summed E-state index contributed by atoms with van der Waals surface area (Å²) in [7, 11) is -3.70. The van der Waals surface area contributed by atoms with Gasteiger partial charge < -0.3 is 0 Å². The number of rotatable bonds is 4. The van der Waals surface area contributed by atoms with Crippen LogP contribution in [0.25, 0.3) is 0 Å². The van der Waals surface area contributed by atoms with E-state index in [1.165, 1.54) is 12.1 Å². The molecule has 0 unspecified atom stereocenters. The topological polar surface area (TPSA) is 106 Å². The lowest BCUT2D eigenvalue weighted by Crippen LogP contribution is -2.37. The number of nitrogens with zero attached hydrogens (tertiary/aromatic N) is 1. The highest BCUT2D eigenvalue weighted by Gasteiger charge is 2.24. The number of nitrogens with one attached hydrogen (secondary N) is 1. The van der Waals surface area contributed by atoms with Gasteiger partial charge in [-0.05, 0) is 25.0 Å². The van der Waals surface area contributed by atoms with Gasteiger partial charge in [0.2, 0.25) is 10.0 Å². The number of hydrogen-bond acceptors (Lipinski definition) is 5. The van der Waals surface area contributed by atoms with E-state index in [9.17, 15) is 23.3 Å². The van der Waals surface area contributed by atoms with Gasteiger partial charge in [0.25, 0.3) is 5.69 Å². The number of non-ortho nitro benzene ring substituents is 1. The van der Waals surface area contributed by atoms with E-state index in [2.05, 4.69) is 4.72 Å². The zero-order chi connectivity index (χ0) is 14.8. The average molecular weight is 298 g/mol. The third kappa shape index (κ3) is 3.40. The second-order valence-electron chi connectivity index (χ2n) is 4.69. The number of hydrogen-bond donors (Lipinski definition) is 1. The van der Waals surface area contributed by atoms with Gasteiger partial charge in [0.15, 0.2) is 0 Å². The molecular weight excluding hydrogens is 284 g/mol. The fourth-order valence-corrected chi connectivity index (χ4v) is 3.40. The fourth-order valence-electron chi connectivity index (χ4n) is 2.09. The molecule has 108 valence electrons. The Kier molecular flexibility index (Phi) is 4.15. The lowest BCUT2D eigenvalue weighted by molar-refractivity contribution is -0.384. The second kappa shape index (κ2) is 5.68. The van der Waals surface area contributed by atoms with Gasteiger partial charge in [-0.25, -0.2) is 13.1 Å². The number of ketones is 1. The summed E-state index contributed by atoms with van der Waals surface area (Å²) in [5, 5.41) is 10.5. The van der Waals surface area contributed by atoms with Crippen LogP contribution in [-0.2, 0) is 14.8 Å². The normalized spacial score (nSPS) is 17.1. The van der Waals surface area contributed by atoms with Crippen LogP contribution in [0.2, 0.25) is 0 Å². The standard InChI is InChI=1S/C12H14N2O5S/c15-11-5-1-9(2-6-11)13-20(18,19)12-7-3-10(4-8-12)14(16)17/h3-4,7-9,13H,1-2,5-6H2. The predicted molar refractivity (Wildman–Crippen MR) is 70.7 cm³/mol. The van der Waals surface area contributed by atoms with Crippen molar-refractivity contribution in [3.8, 4) is 0 Å². The Morgan fingerprint density at radius 3 is 2.20 bits per heavy atom. The van der Waals surface area contributed by atoms with Crippen molar-refractivity contribution < 1.29 is 18.1 Å². The number of Topliss-reactive ketones (excluding diaryl/α,β-unsaturated/α-hetero) is 1. The Morgan fingerprint density at radius 2 is 1.70 bits per heavy atom. The minimum absolute atomic E-state index is 0.0139. The maximum absolute atomic E-state index is 12.1. The van der Waals surface area contributed by atoms with E-state index in [0.717, 1.165) is 12.1 Å².